The van der Waals surface area contributed by atoms with Crippen molar-refractivity contribution in [3.05, 3.63) is 49.6 Å². The van der Waals surface area contributed by atoms with Crippen LogP contribution in [0.3, 0.4) is 0 Å². The van der Waals surface area contributed by atoms with Crippen LogP contribution in [0.5, 0.6) is 0 Å². The van der Waals surface area contributed by atoms with E-state index in [0.717, 1.165) is 5.57 Å². The first-order valence-corrected chi connectivity index (χ1v) is 4.75. The number of allylic oxidation sites excluding steroid dienone is 5. The number of rotatable bonds is 4. The zero-order valence-corrected chi connectivity index (χ0v) is 16.5. The molecule has 0 saturated carbocycles. The van der Waals surface area contributed by atoms with Gasteiger partial charge in [0, 0.05) is 65.4 Å². The summed E-state index contributed by atoms with van der Waals surface area (Å²) in [4.78, 5) is 0. The van der Waals surface area contributed by atoms with E-state index in [0.29, 0.717) is 11.8 Å². The van der Waals surface area contributed by atoms with Crippen molar-refractivity contribution in [2.75, 3.05) is 0 Å². The topological polar surface area (TPSA) is 0 Å². The molecule has 0 aliphatic heterocycles. The molecule has 0 heterocycles. The second kappa shape index (κ2) is 18.5. The van der Waals surface area contributed by atoms with Gasteiger partial charge in [-0.15, -0.1) is 11.8 Å². The molecule has 0 aromatic carbocycles. The Hall–Kier alpha value is 1.17. The van der Waals surface area contributed by atoms with E-state index in [9.17, 15) is 0 Å². The number of hydrogen-bond donors (Lipinski definition) is 0. The summed E-state index contributed by atoms with van der Waals surface area (Å²) in [5.74, 6) is 0.866. The Morgan fingerprint density at radius 3 is 1.56 bits per heavy atom. The van der Waals surface area contributed by atoms with Crippen molar-refractivity contribution in [3.63, 3.8) is 0 Å². The molecule has 0 aliphatic rings. The molecular formula is C14H20Y2-4. The molecule has 0 N–H and O–H groups in total. The van der Waals surface area contributed by atoms with E-state index < -0.39 is 0 Å². The molecule has 2 heteroatoms. The summed E-state index contributed by atoms with van der Waals surface area (Å²) in [7, 11) is 0. The molecule has 0 atom stereocenters. The monoisotopic (exact) mass is 366 g/mol. The Balaban J connectivity index is -0.0000000800. The van der Waals surface area contributed by atoms with Gasteiger partial charge >= 0.3 is 0 Å². The van der Waals surface area contributed by atoms with Gasteiger partial charge in [0.25, 0.3) is 0 Å². The van der Waals surface area contributed by atoms with Crippen molar-refractivity contribution < 1.29 is 65.4 Å². The minimum Gasteiger partial charge on any atom is -0.394 e. The van der Waals surface area contributed by atoms with Gasteiger partial charge in [0.15, 0.2) is 0 Å². The molecule has 0 rings (SSSR count). The number of hydrogen-bond acceptors (Lipinski definition) is 0. The van der Waals surface area contributed by atoms with Crippen LogP contribution in [-0.2, 0) is 65.4 Å². The SMILES string of the molecule is [CH-]=CC(=[CH-])C(C)C.[CH-]=CC=[C-]C(C)C.[Y].[Y]. The summed E-state index contributed by atoms with van der Waals surface area (Å²) in [6, 6.07) is 0. The van der Waals surface area contributed by atoms with Crippen LogP contribution in [0, 0.1) is 37.6 Å². The Bertz CT molecular complexity index is 201. The summed E-state index contributed by atoms with van der Waals surface area (Å²) in [6.45, 7) is 23.6. The average molecular weight is 366 g/mol. The Kier molecular flexibility index (Phi) is 30.0. The predicted octanol–water partition coefficient (Wildman–Crippen LogP) is 3.98. The second-order valence-electron chi connectivity index (χ2n) is 3.50. The van der Waals surface area contributed by atoms with E-state index in [1.807, 2.05) is 13.8 Å². The average Bonchev–Trinajstić information content (AvgIpc) is 2.14. The van der Waals surface area contributed by atoms with Crippen LogP contribution in [0.1, 0.15) is 27.7 Å². The van der Waals surface area contributed by atoms with Crippen LogP contribution >= 0.6 is 0 Å². The first-order chi connectivity index (χ1) is 6.45. The maximum atomic E-state index is 5.35. The van der Waals surface area contributed by atoms with Crippen molar-refractivity contribution in [2.24, 2.45) is 11.8 Å². The van der Waals surface area contributed by atoms with Gasteiger partial charge in [-0.1, -0.05) is 27.7 Å². The molecular weight excluding hydrogens is 346 g/mol. The normalized spacial score (nSPS) is 8.62. The fourth-order valence-electron chi connectivity index (χ4n) is 0.440. The van der Waals surface area contributed by atoms with E-state index in [1.54, 1.807) is 6.08 Å². The smallest absolute Gasteiger partial charge is 0 e. The van der Waals surface area contributed by atoms with Gasteiger partial charge in [-0.05, 0) is 0 Å². The standard InChI is InChI=1S/2C7H10.2Y/c1-5-7(4)6(2)3;1-4-5-6-7(2)3;;/h1,4-6H,2-3H3;1,4-5,7H,2-3H3;;/q2*-2;;. The third-order valence-corrected chi connectivity index (χ3v) is 1.38. The van der Waals surface area contributed by atoms with Crippen molar-refractivity contribution in [3.8, 4) is 0 Å². The summed E-state index contributed by atoms with van der Waals surface area (Å²) in [6.07, 6.45) is 7.64. The fraction of sp³-hybridized carbons (Fsp3) is 0.429. The van der Waals surface area contributed by atoms with Crippen molar-refractivity contribution in [1.82, 2.24) is 0 Å². The maximum absolute atomic E-state index is 5.35. The third kappa shape index (κ3) is 24.4. The van der Waals surface area contributed by atoms with Crippen LogP contribution in [-0.4, -0.2) is 0 Å². The minimum atomic E-state index is 0. The molecule has 2 radical (unpaired) electrons. The van der Waals surface area contributed by atoms with Crippen LogP contribution in [0.25, 0.3) is 0 Å². The van der Waals surface area contributed by atoms with Crippen LogP contribution < -0.4 is 0 Å². The maximum Gasteiger partial charge on any atom is 0 e. The van der Waals surface area contributed by atoms with Gasteiger partial charge in [-0.3, -0.25) is 0 Å². The zero-order chi connectivity index (χ0) is 11.6. The van der Waals surface area contributed by atoms with Gasteiger partial charge < -0.3 is 49.6 Å². The zero-order valence-electron chi connectivity index (χ0n) is 10.8. The van der Waals surface area contributed by atoms with Crippen molar-refractivity contribution >= 4 is 0 Å². The molecule has 0 spiro atoms. The predicted molar refractivity (Wildman–Crippen MR) is 63.0 cm³/mol. The Morgan fingerprint density at radius 1 is 1.06 bits per heavy atom. The van der Waals surface area contributed by atoms with Gasteiger partial charge in [-0.25, -0.2) is 0 Å². The second-order valence-corrected chi connectivity index (χ2v) is 3.50. The molecule has 0 amide bonds. The largest absolute Gasteiger partial charge is 0.394 e. The van der Waals surface area contributed by atoms with Crippen LogP contribution in [0.15, 0.2) is 23.8 Å². The van der Waals surface area contributed by atoms with Crippen LogP contribution in [0.2, 0.25) is 0 Å². The summed E-state index contributed by atoms with van der Waals surface area (Å²) < 4.78 is 0. The van der Waals surface area contributed by atoms with E-state index in [-0.39, 0.29) is 65.4 Å². The quantitative estimate of drug-likeness (QED) is 0.522. The van der Waals surface area contributed by atoms with Crippen molar-refractivity contribution in [1.29, 1.82) is 0 Å². The fourth-order valence-corrected chi connectivity index (χ4v) is 0.440. The first kappa shape index (κ1) is 25.9. The molecule has 16 heavy (non-hydrogen) atoms. The van der Waals surface area contributed by atoms with Gasteiger partial charge in [0.05, 0.1) is 0 Å². The Labute approximate surface area is 152 Å². The minimum absolute atomic E-state index is 0. The molecule has 0 nitrogen and oxygen atoms in total. The van der Waals surface area contributed by atoms with Gasteiger partial charge in [0.2, 0.25) is 0 Å². The molecule has 0 saturated heterocycles. The van der Waals surface area contributed by atoms with Gasteiger partial charge in [0.1, 0.15) is 0 Å². The molecule has 0 fully saturated rings. The van der Waals surface area contributed by atoms with Crippen LogP contribution in [0.4, 0.5) is 0 Å². The summed E-state index contributed by atoms with van der Waals surface area (Å²) >= 11 is 0. The molecule has 0 aliphatic carbocycles. The van der Waals surface area contributed by atoms with Gasteiger partial charge in [-0.2, -0.15) is 0 Å². The molecule has 86 valence electrons. The molecule has 0 aromatic rings. The summed E-state index contributed by atoms with van der Waals surface area (Å²) in [5, 5.41) is 0. The molecule has 0 unspecified atom stereocenters. The Morgan fingerprint density at radius 2 is 1.50 bits per heavy atom. The van der Waals surface area contributed by atoms with E-state index in [4.69, 9.17) is 19.7 Å². The van der Waals surface area contributed by atoms with E-state index >= 15 is 0 Å². The van der Waals surface area contributed by atoms with E-state index in [1.165, 1.54) is 12.2 Å². The summed E-state index contributed by atoms with van der Waals surface area (Å²) in [5.41, 5.74) is 0.750. The third-order valence-electron chi connectivity index (χ3n) is 1.38. The van der Waals surface area contributed by atoms with E-state index in [2.05, 4.69) is 19.9 Å². The van der Waals surface area contributed by atoms with Crippen molar-refractivity contribution in [2.45, 2.75) is 27.7 Å². The molecule has 0 aromatic heterocycles. The first-order valence-electron chi connectivity index (χ1n) is 4.75. The molecule has 0 bridgehead atoms.